The Morgan fingerprint density at radius 1 is 1.33 bits per heavy atom. The lowest BCUT2D eigenvalue weighted by atomic mass is 9.80. The van der Waals surface area contributed by atoms with Crippen LogP contribution in [0.3, 0.4) is 0 Å². The van der Waals surface area contributed by atoms with Crippen LogP contribution in [0.5, 0.6) is 0 Å². The summed E-state index contributed by atoms with van der Waals surface area (Å²) in [6, 6.07) is -0.613. The summed E-state index contributed by atoms with van der Waals surface area (Å²) in [6.07, 6.45) is 2.84. The molecule has 1 N–H and O–H groups in total. The topological polar surface area (TPSA) is 57.6 Å². The van der Waals surface area contributed by atoms with Gasteiger partial charge in [0.15, 0.2) is 0 Å². The van der Waals surface area contributed by atoms with Crippen LogP contribution >= 0.6 is 0 Å². The number of carboxylic acids is 1. The standard InChI is InChI=1S/C14H25NO3/c1-10(14(2,3)4)9-12(16)15-8-6-5-7-11(15)13(17)18/h10-11H,5-9H2,1-4H3,(H,17,18)/t10?,11-/m0/s1. The number of carboxylic acid groups (broad SMARTS) is 1. The van der Waals surface area contributed by atoms with E-state index in [1.165, 1.54) is 0 Å². The van der Waals surface area contributed by atoms with Crippen LogP contribution in [0.1, 0.15) is 53.4 Å². The lowest BCUT2D eigenvalue weighted by Gasteiger charge is -2.35. The van der Waals surface area contributed by atoms with Crippen molar-refractivity contribution in [2.45, 2.75) is 59.4 Å². The highest BCUT2D eigenvalue weighted by Crippen LogP contribution is 2.29. The molecule has 0 aliphatic carbocycles. The molecule has 0 radical (unpaired) electrons. The van der Waals surface area contributed by atoms with Crippen molar-refractivity contribution < 1.29 is 14.7 Å². The second-order valence-corrected chi connectivity index (χ2v) is 6.41. The van der Waals surface area contributed by atoms with Crippen molar-refractivity contribution in [3.8, 4) is 0 Å². The molecule has 2 atom stereocenters. The van der Waals surface area contributed by atoms with Gasteiger partial charge in [0.25, 0.3) is 0 Å². The van der Waals surface area contributed by atoms with Crippen LogP contribution in [0.4, 0.5) is 0 Å². The zero-order chi connectivity index (χ0) is 13.9. The number of hydrogen-bond acceptors (Lipinski definition) is 2. The van der Waals surface area contributed by atoms with Crippen molar-refractivity contribution >= 4 is 11.9 Å². The molecule has 1 fully saturated rings. The van der Waals surface area contributed by atoms with Gasteiger partial charge in [0.2, 0.25) is 5.91 Å². The second-order valence-electron chi connectivity index (χ2n) is 6.41. The van der Waals surface area contributed by atoms with Crippen LogP contribution in [0.25, 0.3) is 0 Å². The zero-order valence-corrected chi connectivity index (χ0v) is 11.9. The van der Waals surface area contributed by atoms with Gasteiger partial charge in [0.1, 0.15) is 6.04 Å². The Hall–Kier alpha value is -1.06. The molecule has 1 amide bonds. The van der Waals surface area contributed by atoms with Crippen molar-refractivity contribution in [3.05, 3.63) is 0 Å². The summed E-state index contributed by atoms with van der Waals surface area (Å²) in [5.41, 5.74) is 0.0736. The van der Waals surface area contributed by atoms with Crippen molar-refractivity contribution in [2.24, 2.45) is 11.3 Å². The monoisotopic (exact) mass is 255 g/mol. The maximum absolute atomic E-state index is 12.2. The van der Waals surface area contributed by atoms with Crippen LogP contribution in [0.2, 0.25) is 0 Å². The van der Waals surface area contributed by atoms with E-state index in [0.717, 1.165) is 12.8 Å². The minimum Gasteiger partial charge on any atom is -0.480 e. The summed E-state index contributed by atoms with van der Waals surface area (Å²) in [6.45, 7) is 8.96. The Morgan fingerprint density at radius 2 is 1.94 bits per heavy atom. The van der Waals surface area contributed by atoms with Crippen LogP contribution in [0, 0.1) is 11.3 Å². The SMILES string of the molecule is CC(CC(=O)N1CCCC[C@H]1C(=O)O)C(C)(C)C. The average Bonchev–Trinajstić information content (AvgIpc) is 2.27. The molecule has 18 heavy (non-hydrogen) atoms. The van der Waals surface area contributed by atoms with E-state index in [-0.39, 0.29) is 17.2 Å². The van der Waals surface area contributed by atoms with Gasteiger partial charge in [-0.1, -0.05) is 27.7 Å². The Kier molecular flexibility index (Phi) is 4.77. The highest BCUT2D eigenvalue weighted by molar-refractivity contribution is 5.84. The first-order valence-corrected chi connectivity index (χ1v) is 6.75. The van der Waals surface area contributed by atoms with E-state index < -0.39 is 12.0 Å². The quantitative estimate of drug-likeness (QED) is 0.843. The molecular weight excluding hydrogens is 230 g/mol. The third-order valence-corrected chi connectivity index (χ3v) is 4.07. The third-order valence-electron chi connectivity index (χ3n) is 4.07. The molecule has 4 heteroatoms. The van der Waals surface area contributed by atoms with Crippen molar-refractivity contribution in [1.82, 2.24) is 4.90 Å². The van der Waals surface area contributed by atoms with E-state index in [1.54, 1.807) is 4.90 Å². The minimum atomic E-state index is -0.869. The van der Waals surface area contributed by atoms with Crippen LogP contribution in [0.15, 0.2) is 0 Å². The second kappa shape index (κ2) is 5.72. The fourth-order valence-corrected chi connectivity index (χ4v) is 2.17. The maximum atomic E-state index is 12.2. The number of carbonyl (C=O) groups is 2. The van der Waals surface area contributed by atoms with E-state index in [9.17, 15) is 9.59 Å². The van der Waals surface area contributed by atoms with Gasteiger partial charge < -0.3 is 10.0 Å². The van der Waals surface area contributed by atoms with E-state index in [1.807, 2.05) is 0 Å². The predicted molar refractivity (Wildman–Crippen MR) is 70.2 cm³/mol. The number of piperidine rings is 1. The molecule has 1 aliphatic heterocycles. The molecule has 0 aromatic rings. The summed E-state index contributed by atoms with van der Waals surface area (Å²) in [4.78, 5) is 25.0. The van der Waals surface area contributed by atoms with Gasteiger partial charge in [-0.15, -0.1) is 0 Å². The van der Waals surface area contributed by atoms with Gasteiger partial charge in [-0.3, -0.25) is 4.79 Å². The molecule has 0 aromatic carbocycles. The van der Waals surface area contributed by atoms with Gasteiger partial charge in [-0.25, -0.2) is 4.79 Å². The molecule has 1 heterocycles. The summed E-state index contributed by atoms with van der Waals surface area (Å²) in [5.74, 6) is -0.627. The molecule has 1 unspecified atom stereocenters. The normalized spacial score (nSPS) is 22.7. The number of likely N-dealkylation sites (tertiary alicyclic amines) is 1. The van der Waals surface area contributed by atoms with Crippen molar-refractivity contribution in [2.75, 3.05) is 6.54 Å². The number of rotatable bonds is 3. The minimum absolute atomic E-state index is 0.00970. The molecule has 4 nitrogen and oxygen atoms in total. The number of nitrogens with zero attached hydrogens (tertiary/aromatic N) is 1. The van der Waals surface area contributed by atoms with E-state index in [4.69, 9.17) is 5.11 Å². The molecule has 0 saturated carbocycles. The highest BCUT2D eigenvalue weighted by atomic mass is 16.4. The van der Waals surface area contributed by atoms with Gasteiger partial charge in [0.05, 0.1) is 0 Å². The molecule has 104 valence electrons. The highest BCUT2D eigenvalue weighted by Gasteiger charge is 2.33. The number of amides is 1. The smallest absolute Gasteiger partial charge is 0.326 e. The molecule has 0 bridgehead atoms. The lowest BCUT2D eigenvalue weighted by Crippen LogP contribution is -2.48. The van der Waals surface area contributed by atoms with Gasteiger partial charge in [0, 0.05) is 13.0 Å². The fraction of sp³-hybridized carbons (Fsp3) is 0.857. The van der Waals surface area contributed by atoms with Crippen LogP contribution in [-0.2, 0) is 9.59 Å². The Morgan fingerprint density at radius 3 is 2.44 bits per heavy atom. The number of aliphatic carboxylic acids is 1. The summed E-state index contributed by atoms with van der Waals surface area (Å²) >= 11 is 0. The number of hydrogen-bond donors (Lipinski definition) is 1. The third kappa shape index (κ3) is 3.72. The largest absolute Gasteiger partial charge is 0.480 e. The molecule has 1 aliphatic rings. The molecule has 0 aromatic heterocycles. The summed E-state index contributed by atoms with van der Waals surface area (Å²) < 4.78 is 0. The lowest BCUT2D eigenvalue weighted by molar-refractivity contribution is -0.152. The van der Waals surface area contributed by atoms with E-state index in [0.29, 0.717) is 19.4 Å². The first kappa shape index (κ1) is 15.0. The molecule has 0 spiro atoms. The van der Waals surface area contributed by atoms with Crippen molar-refractivity contribution in [1.29, 1.82) is 0 Å². The van der Waals surface area contributed by atoms with E-state index >= 15 is 0 Å². The maximum Gasteiger partial charge on any atom is 0.326 e. The van der Waals surface area contributed by atoms with E-state index in [2.05, 4.69) is 27.7 Å². The van der Waals surface area contributed by atoms with Crippen LogP contribution < -0.4 is 0 Å². The number of carbonyl (C=O) groups excluding carboxylic acids is 1. The Labute approximate surface area is 109 Å². The first-order chi connectivity index (χ1) is 8.23. The van der Waals surface area contributed by atoms with Crippen molar-refractivity contribution in [3.63, 3.8) is 0 Å². The predicted octanol–water partition coefficient (Wildman–Crippen LogP) is 2.52. The van der Waals surface area contributed by atoms with Crippen LogP contribution in [-0.4, -0.2) is 34.5 Å². The average molecular weight is 255 g/mol. The Bertz CT molecular complexity index is 319. The molecule has 1 saturated heterocycles. The van der Waals surface area contributed by atoms with Gasteiger partial charge in [-0.2, -0.15) is 0 Å². The van der Waals surface area contributed by atoms with Gasteiger partial charge in [-0.05, 0) is 30.6 Å². The van der Waals surface area contributed by atoms with Gasteiger partial charge >= 0.3 is 5.97 Å². The summed E-state index contributed by atoms with van der Waals surface area (Å²) in [7, 11) is 0. The first-order valence-electron chi connectivity index (χ1n) is 6.75. The Balaban J connectivity index is 2.67. The summed E-state index contributed by atoms with van der Waals surface area (Å²) in [5, 5.41) is 9.16. The molecule has 1 rings (SSSR count). The fourth-order valence-electron chi connectivity index (χ4n) is 2.17. The zero-order valence-electron chi connectivity index (χ0n) is 11.9. The molecular formula is C14H25NO3.